The van der Waals surface area contributed by atoms with E-state index in [1.807, 2.05) is 58.9 Å². The van der Waals surface area contributed by atoms with E-state index in [4.69, 9.17) is 9.84 Å². The van der Waals surface area contributed by atoms with Gasteiger partial charge in [-0.3, -0.25) is 4.79 Å². The summed E-state index contributed by atoms with van der Waals surface area (Å²) in [5.41, 5.74) is 2.93. The third-order valence-electron chi connectivity index (χ3n) is 9.74. The normalized spacial score (nSPS) is 25.2. The van der Waals surface area contributed by atoms with E-state index in [1.165, 1.54) is 6.08 Å². The van der Waals surface area contributed by atoms with Gasteiger partial charge in [0.15, 0.2) is 0 Å². The zero-order valence-electron chi connectivity index (χ0n) is 33.1. The molecule has 1 aliphatic heterocycles. The van der Waals surface area contributed by atoms with Crippen LogP contribution in [0.4, 0.5) is 0 Å². The largest absolute Gasteiger partial charge is 0.478 e. The van der Waals surface area contributed by atoms with Gasteiger partial charge in [-0.2, -0.15) is 0 Å². The second-order valence-electron chi connectivity index (χ2n) is 15.3. The Bertz CT molecular complexity index is 1350. The van der Waals surface area contributed by atoms with Crippen molar-refractivity contribution in [3.63, 3.8) is 0 Å². The molecule has 1 heterocycles. The summed E-state index contributed by atoms with van der Waals surface area (Å²) in [5, 5.41) is 63.5. The van der Waals surface area contributed by atoms with Gasteiger partial charge in [0.05, 0.1) is 31.0 Å². The maximum absolute atomic E-state index is 12.6. The molecule has 0 fully saturated rings. The van der Waals surface area contributed by atoms with Gasteiger partial charge in [-0.1, -0.05) is 91.2 Å². The molecule has 52 heavy (non-hydrogen) atoms. The van der Waals surface area contributed by atoms with Crippen molar-refractivity contribution in [1.29, 1.82) is 0 Å². The van der Waals surface area contributed by atoms with Gasteiger partial charge in [-0.15, -0.1) is 0 Å². The average Bonchev–Trinajstić information content (AvgIpc) is 3.01. The summed E-state index contributed by atoms with van der Waals surface area (Å²) in [6, 6.07) is 0. The molecule has 9 nitrogen and oxygen atoms in total. The lowest BCUT2D eigenvalue weighted by atomic mass is 9.68. The molecule has 6 N–H and O–H groups in total. The molecule has 1 aliphatic rings. The van der Waals surface area contributed by atoms with Crippen molar-refractivity contribution < 1.29 is 45.0 Å². The first kappa shape index (κ1) is 46.9. The number of cyclic esters (lactones) is 1. The highest BCUT2D eigenvalue weighted by atomic mass is 16.5. The van der Waals surface area contributed by atoms with Gasteiger partial charge in [0.25, 0.3) is 0 Å². The van der Waals surface area contributed by atoms with Gasteiger partial charge in [-0.25, -0.2) is 4.79 Å². The minimum atomic E-state index is -1.73. The summed E-state index contributed by atoms with van der Waals surface area (Å²) in [4.78, 5) is 23.4. The monoisotopic (exact) mass is 728 g/mol. The van der Waals surface area contributed by atoms with E-state index in [1.54, 1.807) is 19.9 Å². The molecule has 0 amide bonds. The summed E-state index contributed by atoms with van der Waals surface area (Å²) in [7, 11) is 0. The van der Waals surface area contributed by atoms with Gasteiger partial charge in [0, 0.05) is 24.8 Å². The van der Waals surface area contributed by atoms with E-state index in [0.717, 1.165) is 34.8 Å². The Morgan fingerprint density at radius 2 is 1.62 bits per heavy atom. The molecule has 0 unspecified atom stereocenters. The van der Waals surface area contributed by atoms with Crippen molar-refractivity contribution in [2.24, 2.45) is 23.7 Å². The van der Waals surface area contributed by atoms with E-state index in [2.05, 4.69) is 26.0 Å². The number of ether oxygens (including phenoxy) is 1. The van der Waals surface area contributed by atoms with Crippen LogP contribution in [-0.2, 0) is 14.3 Å². The zero-order valence-corrected chi connectivity index (χ0v) is 33.1. The quantitative estimate of drug-likeness (QED) is 0.0390. The number of aliphatic carboxylic acids is 1. The fraction of sp³-hybridized carbons (Fsp3) is 0.628. The molecule has 0 radical (unpaired) electrons. The Morgan fingerprint density at radius 1 is 0.962 bits per heavy atom. The van der Waals surface area contributed by atoms with E-state index in [0.29, 0.717) is 37.7 Å². The fourth-order valence-corrected chi connectivity index (χ4v) is 7.12. The molecular weight excluding hydrogens is 660 g/mol. The number of allylic oxidation sites excluding steroid dienone is 10. The molecule has 1 rings (SSSR count). The minimum absolute atomic E-state index is 0.0373. The van der Waals surface area contributed by atoms with Crippen LogP contribution in [0, 0.1) is 23.7 Å². The van der Waals surface area contributed by atoms with Crippen LogP contribution in [0.3, 0.4) is 0 Å². The molecule has 0 saturated heterocycles. The first-order valence-electron chi connectivity index (χ1n) is 18.8. The molecule has 294 valence electrons. The van der Waals surface area contributed by atoms with Crippen LogP contribution in [0.2, 0.25) is 0 Å². The Balaban J connectivity index is 3.54. The van der Waals surface area contributed by atoms with Crippen molar-refractivity contribution in [3.8, 4) is 0 Å². The van der Waals surface area contributed by atoms with Gasteiger partial charge in [0.1, 0.15) is 5.60 Å². The van der Waals surface area contributed by atoms with Crippen LogP contribution < -0.4 is 0 Å². The number of carbonyl (C=O) groups is 2. The zero-order chi connectivity index (χ0) is 39.6. The molecular formula is C43H68O9. The lowest BCUT2D eigenvalue weighted by molar-refractivity contribution is -0.144. The van der Waals surface area contributed by atoms with Gasteiger partial charge < -0.3 is 35.4 Å². The number of aliphatic hydroxyl groups is 5. The maximum atomic E-state index is 12.6. The van der Waals surface area contributed by atoms with Crippen molar-refractivity contribution in [3.05, 3.63) is 82.5 Å². The number of aliphatic hydroxyl groups excluding tert-OH is 4. The maximum Gasteiger partial charge on any atom is 0.328 e. The summed E-state index contributed by atoms with van der Waals surface area (Å²) in [5.74, 6) is -1.91. The van der Waals surface area contributed by atoms with Crippen LogP contribution in [0.15, 0.2) is 82.5 Å². The molecule has 0 spiro atoms. The third-order valence-corrected chi connectivity index (χ3v) is 9.74. The lowest BCUT2D eigenvalue weighted by Gasteiger charge is -2.42. The van der Waals surface area contributed by atoms with Crippen LogP contribution in [0.25, 0.3) is 0 Å². The van der Waals surface area contributed by atoms with Gasteiger partial charge in [0.2, 0.25) is 0 Å². The first-order chi connectivity index (χ1) is 24.2. The standard InChI is InChI=1S/C43H68O9/c1-28(21-29(2)18-19-41(48)49)13-10-14-30(3)27-43(51,40(47)26-36(9)45)38-16-11-17-42(50)52-20-12-15-37(24-33(38)6)32(5)22-31(4)23-34(7)39(46)25-35(8)44/h10,13-15,18-19,21,23,27,32-36,38-40,44-47,51H,11-12,16-17,20,22,24-26H2,1-9H3,(H,48,49)/b14-10+,19-18+,28-13+,29-21+,30-27+,31-23+,37-15+/t32-,33-,34+,35+,36+,38-,39+,40+,43-/m0/s1. The van der Waals surface area contributed by atoms with Crippen molar-refractivity contribution in [2.75, 3.05) is 6.61 Å². The fourth-order valence-electron chi connectivity index (χ4n) is 7.12. The lowest BCUT2D eigenvalue weighted by Crippen LogP contribution is -2.51. The minimum Gasteiger partial charge on any atom is -0.478 e. The topological polar surface area (TPSA) is 165 Å². The number of carboxylic acids is 1. The van der Waals surface area contributed by atoms with Crippen LogP contribution in [0.5, 0.6) is 0 Å². The molecule has 9 atom stereocenters. The van der Waals surface area contributed by atoms with Crippen LogP contribution in [-0.4, -0.2) is 79.2 Å². The van der Waals surface area contributed by atoms with Gasteiger partial charge in [-0.05, 0) is 104 Å². The van der Waals surface area contributed by atoms with Crippen LogP contribution >= 0.6 is 0 Å². The molecule has 0 aromatic carbocycles. The Labute approximate surface area is 312 Å². The number of rotatable bonds is 17. The van der Waals surface area contributed by atoms with Crippen molar-refractivity contribution in [2.45, 2.75) is 144 Å². The van der Waals surface area contributed by atoms with E-state index in [9.17, 15) is 35.1 Å². The molecule has 0 aromatic heterocycles. The summed E-state index contributed by atoms with van der Waals surface area (Å²) in [6.07, 6.45) is 15.8. The molecule has 0 aromatic rings. The predicted molar refractivity (Wildman–Crippen MR) is 208 cm³/mol. The molecule has 9 heteroatoms. The van der Waals surface area contributed by atoms with E-state index in [-0.39, 0.29) is 43.2 Å². The predicted octanol–water partition coefficient (Wildman–Crippen LogP) is 7.31. The smallest absolute Gasteiger partial charge is 0.328 e. The summed E-state index contributed by atoms with van der Waals surface area (Å²) < 4.78 is 5.51. The van der Waals surface area contributed by atoms with Crippen molar-refractivity contribution >= 4 is 11.9 Å². The average molecular weight is 729 g/mol. The molecule has 0 bridgehead atoms. The highest BCUT2D eigenvalue weighted by molar-refractivity contribution is 5.80. The number of hydrogen-bond donors (Lipinski definition) is 6. The number of carbonyl (C=O) groups excluding carboxylic acids is 1. The number of esters is 1. The van der Waals surface area contributed by atoms with E-state index >= 15 is 0 Å². The third kappa shape index (κ3) is 18.1. The van der Waals surface area contributed by atoms with Crippen molar-refractivity contribution in [1.82, 2.24) is 0 Å². The Kier molecular flexibility index (Phi) is 21.3. The second kappa shape index (κ2) is 23.6. The molecule has 0 saturated carbocycles. The second-order valence-corrected chi connectivity index (χ2v) is 15.3. The molecule has 0 aliphatic carbocycles. The Morgan fingerprint density at radius 3 is 2.23 bits per heavy atom. The number of carboxylic acid groups (broad SMARTS) is 1. The Hall–Kier alpha value is -3.08. The summed E-state index contributed by atoms with van der Waals surface area (Å²) >= 11 is 0. The first-order valence-corrected chi connectivity index (χ1v) is 18.8. The highest BCUT2D eigenvalue weighted by Gasteiger charge is 2.44. The SMILES string of the molecule is CC(=C\C=C\C(C)=C\[C@@](O)([C@H](O)C[C@@H](C)O)[C@H]1CCCC(=O)OCC/C=C(/[C@@H](C)C/C(C)=C/[C@@H](C)[C@H](O)C[C@@H](C)O)C[C@@H]1C)/C=C(C)/C=C/C(=O)O. The highest BCUT2D eigenvalue weighted by Crippen LogP contribution is 2.40. The summed E-state index contributed by atoms with van der Waals surface area (Å²) in [6.45, 7) is 17.3. The van der Waals surface area contributed by atoms with Gasteiger partial charge >= 0.3 is 11.9 Å². The van der Waals surface area contributed by atoms with Crippen LogP contribution in [0.1, 0.15) is 114 Å². The number of hydrogen-bond acceptors (Lipinski definition) is 8. The van der Waals surface area contributed by atoms with E-state index < -0.39 is 41.9 Å².